The Kier molecular flexibility index (Phi) is 9.83. The van der Waals surface area contributed by atoms with Gasteiger partial charge in [0, 0.05) is 12.4 Å². The summed E-state index contributed by atoms with van der Waals surface area (Å²) in [5.74, 6) is 0. The van der Waals surface area contributed by atoms with Crippen molar-refractivity contribution >= 4 is 6.21 Å². The zero-order valence-corrected chi connectivity index (χ0v) is 11.2. The predicted octanol–water partition coefficient (Wildman–Crippen LogP) is 5.01. The highest BCUT2D eigenvalue weighted by atomic mass is 14.7. The van der Waals surface area contributed by atoms with Gasteiger partial charge in [-0.1, -0.05) is 50.3 Å². The molecular weight excluding hydrogens is 206 g/mol. The fourth-order valence-electron chi connectivity index (χ4n) is 1.38. The van der Waals surface area contributed by atoms with Crippen LogP contribution in [-0.2, 0) is 0 Å². The summed E-state index contributed by atoms with van der Waals surface area (Å²) in [6.45, 7) is 9.25. The highest BCUT2D eigenvalue weighted by Crippen LogP contribution is 2.19. The first kappa shape index (κ1) is 15.4. The van der Waals surface area contributed by atoms with E-state index in [-0.39, 0.29) is 0 Å². The SMILES string of the molecule is C1=CCC=C2CC=CN=CC2=C1.C=CC.CC. The van der Waals surface area contributed by atoms with Crippen LogP contribution >= 0.6 is 0 Å². The number of nitrogens with zero attached hydrogens (tertiary/aromatic N) is 1. The van der Waals surface area contributed by atoms with Crippen LogP contribution in [0.3, 0.4) is 0 Å². The van der Waals surface area contributed by atoms with Crippen LogP contribution in [0.1, 0.15) is 33.6 Å². The largest absolute Gasteiger partial charge is 0.264 e. The Morgan fingerprint density at radius 1 is 1.29 bits per heavy atom. The van der Waals surface area contributed by atoms with Gasteiger partial charge < -0.3 is 0 Å². The Labute approximate surface area is 106 Å². The Hall–Kier alpha value is -1.63. The fraction of sp³-hybridized carbons (Fsp3) is 0.312. The standard InChI is InChI=1S/C11H11N.C3H6.C2H6/c1-2-5-10-7-4-8-12-9-11(10)6-3-1;1-3-2;1-2/h1,3-6,8-9H,2,7H2;3H,1H2,2H3;1-2H3. The molecule has 0 fully saturated rings. The highest BCUT2D eigenvalue weighted by molar-refractivity contribution is 5.86. The molecule has 1 aliphatic heterocycles. The summed E-state index contributed by atoms with van der Waals surface area (Å²) in [7, 11) is 0. The Bertz CT molecular complexity index is 352. The maximum atomic E-state index is 4.15. The van der Waals surface area contributed by atoms with Gasteiger partial charge in [0.2, 0.25) is 0 Å². The lowest BCUT2D eigenvalue weighted by molar-refractivity contribution is 1.23. The minimum atomic E-state index is 1.01. The predicted molar refractivity (Wildman–Crippen MR) is 79.4 cm³/mol. The molecule has 0 aromatic rings. The molecule has 2 aliphatic rings. The molecule has 2 rings (SSSR count). The van der Waals surface area contributed by atoms with E-state index in [1.54, 1.807) is 6.08 Å². The van der Waals surface area contributed by atoms with Crippen molar-refractivity contribution in [2.24, 2.45) is 4.99 Å². The highest BCUT2D eigenvalue weighted by Gasteiger charge is 2.03. The molecule has 17 heavy (non-hydrogen) atoms. The van der Waals surface area contributed by atoms with E-state index in [1.165, 1.54) is 11.1 Å². The Balaban J connectivity index is 0.000000450. The van der Waals surface area contributed by atoms with Gasteiger partial charge in [0.25, 0.3) is 0 Å². The molecule has 92 valence electrons. The Morgan fingerprint density at radius 2 is 2.00 bits per heavy atom. The zero-order valence-electron chi connectivity index (χ0n) is 11.2. The molecule has 0 radical (unpaired) electrons. The second-order valence-electron chi connectivity index (χ2n) is 3.29. The van der Waals surface area contributed by atoms with Crippen molar-refractivity contribution in [3.05, 3.63) is 60.4 Å². The first-order valence-electron chi connectivity index (χ1n) is 6.20. The lowest BCUT2D eigenvalue weighted by atomic mass is 10.0. The van der Waals surface area contributed by atoms with Gasteiger partial charge in [-0.25, -0.2) is 0 Å². The van der Waals surface area contributed by atoms with Gasteiger partial charge in [-0.3, -0.25) is 4.99 Å². The van der Waals surface area contributed by atoms with E-state index in [2.05, 4.69) is 42.0 Å². The average Bonchev–Trinajstić information content (AvgIpc) is 2.69. The first-order chi connectivity index (χ1) is 8.38. The third-order valence-electron chi connectivity index (χ3n) is 2.03. The summed E-state index contributed by atoms with van der Waals surface area (Å²) in [5.41, 5.74) is 2.63. The van der Waals surface area contributed by atoms with Crippen LogP contribution < -0.4 is 0 Å². The molecule has 0 spiro atoms. The minimum Gasteiger partial charge on any atom is -0.264 e. The van der Waals surface area contributed by atoms with Crippen LogP contribution in [0.5, 0.6) is 0 Å². The summed E-state index contributed by atoms with van der Waals surface area (Å²) in [4.78, 5) is 4.15. The van der Waals surface area contributed by atoms with Crippen molar-refractivity contribution in [1.82, 2.24) is 0 Å². The van der Waals surface area contributed by atoms with E-state index in [0.29, 0.717) is 0 Å². The number of fused-ring (bicyclic) bond motifs is 1. The molecule has 0 aromatic heterocycles. The number of hydrogen-bond donors (Lipinski definition) is 0. The second kappa shape index (κ2) is 10.9. The summed E-state index contributed by atoms with van der Waals surface area (Å²) in [6.07, 6.45) is 18.3. The summed E-state index contributed by atoms with van der Waals surface area (Å²) < 4.78 is 0. The molecule has 1 aliphatic carbocycles. The normalized spacial score (nSPS) is 15.7. The lowest BCUT2D eigenvalue weighted by Gasteiger charge is -2.00. The third kappa shape index (κ3) is 6.52. The van der Waals surface area contributed by atoms with Crippen LogP contribution in [0.15, 0.2) is 65.4 Å². The molecule has 0 saturated heterocycles. The quantitative estimate of drug-likeness (QED) is 0.518. The topological polar surface area (TPSA) is 12.4 Å². The monoisotopic (exact) mass is 229 g/mol. The van der Waals surface area contributed by atoms with Crippen molar-refractivity contribution in [3.63, 3.8) is 0 Å². The number of rotatable bonds is 0. The molecule has 0 N–H and O–H groups in total. The molecule has 1 heteroatoms. The van der Waals surface area contributed by atoms with Crippen LogP contribution in [0, 0.1) is 0 Å². The molecule has 0 aromatic carbocycles. The molecule has 0 unspecified atom stereocenters. The van der Waals surface area contributed by atoms with E-state index in [9.17, 15) is 0 Å². The number of aliphatic imine (C=N–C) groups is 1. The van der Waals surface area contributed by atoms with Crippen molar-refractivity contribution < 1.29 is 0 Å². The van der Waals surface area contributed by atoms with Crippen molar-refractivity contribution in [2.45, 2.75) is 33.6 Å². The average molecular weight is 229 g/mol. The van der Waals surface area contributed by atoms with Gasteiger partial charge >= 0.3 is 0 Å². The van der Waals surface area contributed by atoms with Crippen molar-refractivity contribution in [2.75, 3.05) is 0 Å². The fourth-order valence-corrected chi connectivity index (χ4v) is 1.38. The van der Waals surface area contributed by atoms with Gasteiger partial charge in [-0.2, -0.15) is 0 Å². The van der Waals surface area contributed by atoms with E-state index in [0.717, 1.165) is 12.8 Å². The van der Waals surface area contributed by atoms with Crippen molar-refractivity contribution in [1.29, 1.82) is 0 Å². The molecular formula is C16H23N. The molecule has 0 atom stereocenters. The van der Waals surface area contributed by atoms with Gasteiger partial charge in [-0.05, 0) is 30.9 Å². The van der Waals surface area contributed by atoms with Gasteiger partial charge in [0.05, 0.1) is 0 Å². The maximum Gasteiger partial charge on any atom is 0.0342 e. The number of allylic oxidation sites excluding steroid dienone is 8. The summed E-state index contributed by atoms with van der Waals surface area (Å²) in [6, 6.07) is 0. The van der Waals surface area contributed by atoms with E-state index >= 15 is 0 Å². The molecule has 1 heterocycles. The van der Waals surface area contributed by atoms with E-state index in [4.69, 9.17) is 0 Å². The molecule has 0 saturated carbocycles. The van der Waals surface area contributed by atoms with Crippen LogP contribution in [0.25, 0.3) is 0 Å². The van der Waals surface area contributed by atoms with E-state index < -0.39 is 0 Å². The third-order valence-corrected chi connectivity index (χ3v) is 2.03. The number of hydrogen-bond acceptors (Lipinski definition) is 1. The van der Waals surface area contributed by atoms with Crippen molar-refractivity contribution in [3.8, 4) is 0 Å². The summed E-state index contributed by atoms with van der Waals surface area (Å²) >= 11 is 0. The van der Waals surface area contributed by atoms with Crippen LogP contribution in [0.2, 0.25) is 0 Å². The van der Waals surface area contributed by atoms with Crippen LogP contribution in [-0.4, -0.2) is 6.21 Å². The maximum absolute atomic E-state index is 4.15. The second-order valence-corrected chi connectivity index (χ2v) is 3.29. The minimum absolute atomic E-state index is 1.01. The lowest BCUT2D eigenvalue weighted by Crippen LogP contribution is -1.87. The molecule has 0 bridgehead atoms. The smallest absolute Gasteiger partial charge is 0.0342 e. The molecule has 0 amide bonds. The van der Waals surface area contributed by atoms with Gasteiger partial charge in [-0.15, -0.1) is 6.58 Å². The molecule has 1 nitrogen and oxygen atoms in total. The zero-order chi connectivity index (χ0) is 12.9. The van der Waals surface area contributed by atoms with Gasteiger partial charge in [0.1, 0.15) is 0 Å². The van der Waals surface area contributed by atoms with Crippen LogP contribution in [0.4, 0.5) is 0 Å². The van der Waals surface area contributed by atoms with Gasteiger partial charge in [0.15, 0.2) is 0 Å². The Morgan fingerprint density at radius 3 is 2.71 bits per heavy atom. The van der Waals surface area contributed by atoms with E-state index in [1.807, 2.05) is 33.2 Å². The summed E-state index contributed by atoms with van der Waals surface area (Å²) in [5, 5.41) is 0. The first-order valence-corrected chi connectivity index (χ1v) is 6.20.